The van der Waals surface area contributed by atoms with Gasteiger partial charge in [0.05, 0.1) is 25.8 Å². The van der Waals surface area contributed by atoms with E-state index in [0.717, 1.165) is 11.1 Å². The number of aliphatic hydroxyl groups excluding tert-OH is 1. The first-order valence-corrected chi connectivity index (χ1v) is 10.4. The van der Waals surface area contributed by atoms with Crippen LogP contribution in [-0.4, -0.2) is 29.2 Å². The van der Waals surface area contributed by atoms with E-state index in [4.69, 9.17) is 19.4 Å². The van der Waals surface area contributed by atoms with Gasteiger partial charge in [-0.1, -0.05) is 41.5 Å². The summed E-state index contributed by atoms with van der Waals surface area (Å²) in [5.41, 5.74) is 1.80. The van der Waals surface area contributed by atoms with Gasteiger partial charge in [-0.15, -0.1) is 17.0 Å². The van der Waals surface area contributed by atoms with Crippen molar-refractivity contribution in [2.45, 2.75) is 52.4 Å². The number of benzene rings is 2. The van der Waals surface area contributed by atoms with E-state index >= 15 is 0 Å². The highest BCUT2D eigenvalue weighted by Gasteiger charge is 2.27. The van der Waals surface area contributed by atoms with Crippen LogP contribution in [0.15, 0.2) is 28.8 Å². The molecule has 0 spiro atoms. The zero-order valence-corrected chi connectivity index (χ0v) is 22.1. The molecule has 0 fully saturated rings. The first-order chi connectivity index (χ1) is 14.8. The molecule has 8 heteroatoms. The molecule has 3 rings (SSSR count). The van der Waals surface area contributed by atoms with Crippen molar-refractivity contribution in [3.05, 3.63) is 46.4 Å². The van der Waals surface area contributed by atoms with Crippen LogP contribution in [0.2, 0.25) is 0 Å². The molecule has 33 heavy (non-hydrogen) atoms. The fourth-order valence-corrected chi connectivity index (χ4v) is 3.59. The summed E-state index contributed by atoms with van der Waals surface area (Å²) >= 11 is 0. The second kappa shape index (κ2) is 9.17. The summed E-state index contributed by atoms with van der Waals surface area (Å²) in [5.74, 6) is 1.12. The third-order valence-electron chi connectivity index (χ3n) is 5.42. The zero-order valence-electron chi connectivity index (χ0n) is 20.4. The molecule has 7 nitrogen and oxygen atoms in total. The van der Waals surface area contributed by atoms with Gasteiger partial charge in [-0.25, -0.2) is 0 Å². The van der Waals surface area contributed by atoms with Gasteiger partial charge in [-0.05, 0) is 29.0 Å². The molecule has 0 aliphatic carbocycles. The first-order valence-electron chi connectivity index (χ1n) is 10.4. The second-order valence-electron chi connectivity index (χ2n) is 9.90. The molecule has 1 heterocycles. The number of phenolic OH excluding ortho intramolecular Hbond substituents is 1. The van der Waals surface area contributed by atoms with E-state index in [9.17, 15) is 10.2 Å². The standard InChI is InChI=1S/C25H32N2O5.BrH/c1-24(2,3)16-9-14(10-17(22(16)29)25(4,5)6)18(28)13-27-23(26)15-11-20(30-7)21(31-8)12-19(15)32-27;/h9-13,26,28-29H,1-8H3;1H/b18-13-,26-23?;. The number of aliphatic hydroxyl groups is 1. The fourth-order valence-electron chi connectivity index (χ4n) is 3.59. The van der Waals surface area contributed by atoms with Crippen LogP contribution in [0.25, 0.3) is 22.9 Å². The normalized spacial score (nSPS) is 12.5. The Morgan fingerprint density at radius 1 is 0.939 bits per heavy atom. The van der Waals surface area contributed by atoms with Crippen molar-refractivity contribution >= 4 is 39.9 Å². The van der Waals surface area contributed by atoms with E-state index in [2.05, 4.69) is 0 Å². The van der Waals surface area contributed by atoms with Crippen LogP contribution in [-0.2, 0) is 10.8 Å². The van der Waals surface area contributed by atoms with Crippen molar-refractivity contribution in [3.8, 4) is 17.2 Å². The van der Waals surface area contributed by atoms with Crippen LogP contribution >= 0.6 is 17.0 Å². The summed E-state index contributed by atoms with van der Waals surface area (Å²) in [6.07, 6.45) is 1.35. The number of nitrogens with one attached hydrogen (secondary N) is 1. The lowest BCUT2D eigenvalue weighted by Gasteiger charge is -2.28. The highest BCUT2D eigenvalue weighted by atomic mass is 79.9. The van der Waals surface area contributed by atoms with Gasteiger partial charge in [0, 0.05) is 22.8 Å². The van der Waals surface area contributed by atoms with Crippen LogP contribution in [0.5, 0.6) is 17.2 Å². The van der Waals surface area contributed by atoms with Crippen molar-refractivity contribution in [2.75, 3.05) is 14.2 Å². The minimum absolute atomic E-state index is 0. The number of halogens is 1. The molecule has 0 amide bonds. The molecular weight excluding hydrogens is 488 g/mol. The summed E-state index contributed by atoms with van der Waals surface area (Å²) in [5, 5.41) is 30.9. The third kappa shape index (κ3) is 5.05. The first kappa shape index (κ1) is 26.4. The van der Waals surface area contributed by atoms with Gasteiger partial charge >= 0.3 is 0 Å². The lowest BCUT2D eigenvalue weighted by molar-refractivity contribution is 0.352. The molecule has 0 atom stereocenters. The SMILES string of the molecule is Br.COc1cc2on(/C=C(\O)c3cc(C(C)(C)C)c(O)c(C(C)(C)C)c3)c(=N)c2cc1OC. The number of hydrogen-bond donors (Lipinski definition) is 3. The molecular formula is C25H33BrN2O5. The maximum atomic E-state index is 11.0. The van der Waals surface area contributed by atoms with Crippen LogP contribution in [0.3, 0.4) is 0 Å². The molecule has 0 bridgehead atoms. The Bertz CT molecular complexity index is 1220. The lowest BCUT2D eigenvalue weighted by Crippen LogP contribution is -2.18. The Kier molecular flexibility index (Phi) is 7.33. The predicted octanol–water partition coefficient (Wildman–Crippen LogP) is 6.12. The van der Waals surface area contributed by atoms with Crippen molar-refractivity contribution < 1.29 is 24.2 Å². The number of hydrogen-bond acceptors (Lipinski definition) is 6. The van der Waals surface area contributed by atoms with Crippen molar-refractivity contribution in [1.82, 2.24) is 4.74 Å². The highest BCUT2D eigenvalue weighted by Crippen LogP contribution is 2.41. The summed E-state index contributed by atoms with van der Waals surface area (Å²) in [6.45, 7) is 12.1. The molecule has 180 valence electrons. The van der Waals surface area contributed by atoms with Crippen LogP contribution in [0.4, 0.5) is 0 Å². The van der Waals surface area contributed by atoms with E-state index < -0.39 is 0 Å². The Labute approximate surface area is 204 Å². The van der Waals surface area contributed by atoms with Gasteiger partial charge in [0.15, 0.2) is 22.6 Å². The van der Waals surface area contributed by atoms with Gasteiger partial charge in [0.2, 0.25) is 0 Å². The number of nitrogens with zero attached hydrogens (tertiary/aromatic N) is 1. The van der Waals surface area contributed by atoms with Gasteiger partial charge in [-0.3, -0.25) is 5.41 Å². The Hall–Kier alpha value is -2.87. The van der Waals surface area contributed by atoms with Crippen molar-refractivity contribution in [2.24, 2.45) is 0 Å². The number of aromatic hydroxyl groups is 1. The van der Waals surface area contributed by atoms with E-state index in [1.807, 2.05) is 41.5 Å². The van der Waals surface area contributed by atoms with Crippen LogP contribution < -0.4 is 15.0 Å². The minimum atomic E-state index is -0.333. The van der Waals surface area contributed by atoms with E-state index in [1.165, 1.54) is 25.2 Å². The van der Waals surface area contributed by atoms with Gasteiger partial charge < -0.3 is 24.2 Å². The summed E-state index contributed by atoms with van der Waals surface area (Å²) in [7, 11) is 3.05. The molecule has 0 saturated heterocycles. The summed E-state index contributed by atoms with van der Waals surface area (Å²) < 4.78 is 17.6. The smallest absolute Gasteiger partial charge is 0.172 e. The lowest BCUT2D eigenvalue weighted by atomic mass is 9.78. The van der Waals surface area contributed by atoms with Crippen molar-refractivity contribution in [1.29, 1.82) is 5.41 Å². The largest absolute Gasteiger partial charge is 0.507 e. The maximum Gasteiger partial charge on any atom is 0.172 e. The quantitative estimate of drug-likeness (QED) is 0.359. The Balaban J connectivity index is 0.00000385. The number of rotatable bonds is 4. The molecule has 0 unspecified atom stereocenters. The number of phenols is 1. The third-order valence-corrected chi connectivity index (χ3v) is 5.42. The van der Waals surface area contributed by atoms with E-state index in [1.54, 1.807) is 24.3 Å². The number of aromatic nitrogens is 1. The number of ether oxygens (including phenoxy) is 2. The predicted molar refractivity (Wildman–Crippen MR) is 136 cm³/mol. The Morgan fingerprint density at radius 3 is 1.88 bits per heavy atom. The molecule has 3 N–H and O–H groups in total. The summed E-state index contributed by atoms with van der Waals surface area (Å²) in [6, 6.07) is 6.85. The van der Waals surface area contributed by atoms with Gasteiger partial charge in [0.25, 0.3) is 0 Å². The van der Waals surface area contributed by atoms with Crippen molar-refractivity contribution in [3.63, 3.8) is 0 Å². The maximum absolute atomic E-state index is 11.0. The molecule has 0 radical (unpaired) electrons. The zero-order chi connectivity index (χ0) is 24.0. The van der Waals surface area contributed by atoms with E-state index in [-0.39, 0.29) is 44.8 Å². The topological polar surface area (TPSA) is 101 Å². The highest BCUT2D eigenvalue weighted by molar-refractivity contribution is 8.93. The number of methoxy groups -OCH3 is 2. The monoisotopic (exact) mass is 520 g/mol. The average molecular weight is 521 g/mol. The average Bonchev–Trinajstić information content (AvgIpc) is 2.99. The molecule has 2 aromatic carbocycles. The van der Waals surface area contributed by atoms with E-state index in [0.29, 0.717) is 28.0 Å². The molecule has 0 aliphatic heterocycles. The molecule has 1 aromatic heterocycles. The van der Waals surface area contributed by atoms with Crippen LogP contribution in [0.1, 0.15) is 58.2 Å². The number of fused-ring (bicyclic) bond motifs is 1. The minimum Gasteiger partial charge on any atom is -0.507 e. The molecule has 0 saturated carbocycles. The van der Waals surface area contributed by atoms with Gasteiger partial charge in [-0.2, -0.15) is 4.74 Å². The summed E-state index contributed by atoms with van der Waals surface area (Å²) in [4.78, 5) is 0. The van der Waals surface area contributed by atoms with Gasteiger partial charge in [0.1, 0.15) is 11.5 Å². The van der Waals surface area contributed by atoms with Crippen LogP contribution in [0, 0.1) is 5.41 Å². The second-order valence-corrected chi connectivity index (χ2v) is 9.90. The molecule has 0 aliphatic rings. The Morgan fingerprint density at radius 2 is 1.42 bits per heavy atom. The molecule has 3 aromatic rings. The fraction of sp³-hybridized carbons (Fsp3) is 0.400.